The predicted octanol–water partition coefficient (Wildman–Crippen LogP) is 3.14. The molecule has 2 aromatic heterocycles. The van der Waals surface area contributed by atoms with E-state index in [1.54, 1.807) is 23.6 Å². The molecule has 0 spiro atoms. The molecular weight excluding hydrogens is 432 g/mol. The zero-order valence-electron chi connectivity index (χ0n) is 17.6. The number of hydrogen-bond donors (Lipinski definition) is 1. The van der Waals surface area contributed by atoms with Crippen molar-refractivity contribution in [2.24, 2.45) is 0 Å². The quantitative estimate of drug-likeness (QED) is 0.406. The molecule has 0 fully saturated rings. The van der Waals surface area contributed by atoms with Crippen LogP contribution >= 0.6 is 11.3 Å². The summed E-state index contributed by atoms with van der Waals surface area (Å²) in [6.07, 6.45) is 2.92. The van der Waals surface area contributed by atoms with Gasteiger partial charge in [-0.25, -0.2) is 14.6 Å². The van der Waals surface area contributed by atoms with E-state index in [-0.39, 0.29) is 12.4 Å². The number of thiazole rings is 1. The average Bonchev–Trinajstić information content (AvgIpc) is 3.54. The molecule has 0 atom stereocenters. The van der Waals surface area contributed by atoms with E-state index in [4.69, 9.17) is 14.2 Å². The first-order chi connectivity index (χ1) is 15.6. The largest absolute Gasteiger partial charge is 0.493 e. The van der Waals surface area contributed by atoms with Gasteiger partial charge in [-0.3, -0.25) is 4.79 Å². The van der Waals surface area contributed by atoms with Gasteiger partial charge in [0.1, 0.15) is 17.7 Å². The van der Waals surface area contributed by atoms with Gasteiger partial charge in [0.05, 0.1) is 39.3 Å². The topological polar surface area (TPSA) is 109 Å². The van der Waals surface area contributed by atoms with Gasteiger partial charge in [0, 0.05) is 22.1 Å². The number of methoxy groups -OCH3 is 3. The van der Waals surface area contributed by atoms with Crippen molar-refractivity contribution in [1.29, 1.82) is 0 Å². The van der Waals surface area contributed by atoms with Gasteiger partial charge < -0.3 is 19.3 Å². The Bertz CT molecular complexity index is 1230. The first kappa shape index (κ1) is 21.5. The molecule has 32 heavy (non-hydrogen) atoms. The van der Waals surface area contributed by atoms with Crippen molar-refractivity contribution < 1.29 is 24.1 Å². The summed E-state index contributed by atoms with van der Waals surface area (Å²) in [6.45, 7) is -0.135. The fraction of sp³-hybridized carbons (Fsp3) is 0.182. The van der Waals surface area contributed by atoms with E-state index in [0.717, 1.165) is 10.6 Å². The van der Waals surface area contributed by atoms with Crippen molar-refractivity contribution in [2.45, 2.75) is 6.61 Å². The van der Waals surface area contributed by atoms with Gasteiger partial charge in [-0.1, -0.05) is 6.07 Å². The molecule has 2 aromatic carbocycles. The molecule has 0 amide bonds. The molecule has 0 radical (unpaired) electrons. The van der Waals surface area contributed by atoms with Gasteiger partial charge in [0.25, 0.3) is 0 Å². The average molecular weight is 452 g/mol. The third-order valence-corrected chi connectivity index (χ3v) is 5.74. The number of hydrogen-bond acceptors (Lipinski definition) is 9. The molecule has 10 heteroatoms. The van der Waals surface area contributed by atoms with Crippen molar-refractivity contribution in [2.75, 3.05) is 21.3 Å². The van der Waals surface area contributed by atoms with Crippen LogP contribution in [0.25, 0.3) is 16.3 Å². The molecule has 0 bridgehead atoms. The summed E-state index contributed by atoms with van der Waals surface area (Å²) in [4.78, 5) is 22.0. The standard InChI is InChI=1S/C22H20N4O5S/c1-29-18-7-14(8-19(30-2)21(18)31-3)20(28)16-5-4-13(22-25-15(9-27)10-32-22)6-17(16)26-12-23-11-24-26/h4-8,10-12,27H,9H2,1-3H3. The number of aliphatic hydroxyl groups excluding tert-OH is 1. The van der Waals surface area contributed by atoms with Crippen molar-refractivity contribution in [3.8, 4) is 33.5 Å². The zero-order valence-corrected chi connectivity index (χ0v) is 18.4. The molecule has 0 aliphatic carbocycles. The lowest BCUT2D eigenvalue weighted by atomic mass is 9.99. The fourth-order valence-corrected chi connectivity index (χ4v) is 4.07. The minimum atomic E-state index is -0.253. The number of ketones is 1. The molecule has 4 rings (SSSR count). The van der Waals surface area contributed by atoms with Crippen LogP contribution in [-0.4, -0.2) is 52.0 Å². The lowest BCUT2D eigenvalue weighted by Gasteiger charge is -2.15. The van der Waals surface area contributed by atoms with E-state index in [9.17, 15) is 9.90 Å². The minimum absolute atomic E-state index is 0.135. The van der Waals surface area contributed by atoms with E-state index in [1.807, 2.05) is 12.1 Å². The Labute approximate surface area is 187 Å². The fourth-order valence-electron chi connectivity index (χ4n) is 3.26. The Morgan fingerprint density at radius 1 is 1.09 bits per heavy atom. The summed E-state index contributed by atoms with van der Waals surface area (Å²) >= 11 is 1.41. The molecular formula is C22H20N4O5S. The number of benzene rings is 2. The smallest absolute Gasteiger partial charge is 0.203 e. The van der Waals surface area contributed by atoms with Crippen molar-refractivity contribution in [1.82, 2.24) is 19.7 Å². The highest BCUT2D eigenvalue weighted by molar-refractivity contribution is 7.13. The molecule has 0 saturated carbocycles. The first-order valence-corrected chi connectivity index (χ1v) is 10.4. The molecule has 4 aromatic rings. The maximum absolute atomic E-state index is 13.5. The number of carbonyl (C=O) groups excluding carboxylic acids is 1. The second kappa shape index (κ2) is 9.16. The van der Waals surface area contributed by atoms with Gasteiger partial charge in [0.2, 0.25) is 5.75 Å². The second-order valence-electron chi connectivity index (χ2n) is 6.62. The Kier molecular flexibility index (Phi) is 6.15. The first-order valence-electron chi connectivity index (χ1n) is 9.49. The Morgan fingerprint density at radius 3 is 2.41 bits per heavy atom. The third-order valence-electron chi connectivity index (χ3n) is 4.80. The molecule has 0 aliphatic heterocycles. The lowest BCUT2D eigenvalue weighted by Crippen LogP contribution is -2.09. The number of rotatable bonds is 8. The third kappa shape index (κ3) is 3.93. The summed E-state index contributed by atoms with van der Waals surface area (Å²) in [5, 5.41) is 16.0. The molecule has 2 heterocycles. The van der Waals surface area contributed by atoms with Crippen LogP contribution in [0.2, 0.25) is 0 Å². The molecule has 164 valence electrons. The van der Waals surface area contributed by atoms with E-state index in [0.29, 0.717) is 39.8 Å². The number of carbonyl (C=O) groups is 1. The maximum Gasteiger partial charge on any atom is 0.203 e. The Balaban J connectivity index is 1.83. The van der Waals surface area contributed by atoms with Gasteiger partial charge in [0.15, 0.2) is 17.3 Å². The lowest BCUT2D eigenvalue weighted by molar-refractivity contribution is 0.103. The molecule has 1 N–H and O–H groups in total. The molecule has 0 saturated heterocycles. The van der Waals surface area contributed by atoms with Gasteiger partial charge in [-0.15, -0.1) is 11.3 Å². The molecule has 0 aliphatic rings. The van der Waals surface area contributed by atoms with Gasteiger partial charge in [-0.2, -0.15) is 5.10 Å². The van der Waals surface area contributed by atoms with E-state index in [2.05, 4.69) is 15.1 Å². The summed E-state index contributed by atoms with van der Waals surface area (Å²) in [5.74, 6) is 0.917. The van der Waals surface area contributed by atoms with Crippen LogP contribution in [-0.2, 0) is 6.61 Å². The van der Waals surface area contributed by atoms with Crippen LogP contribution in [0, 0.1) is 0 Å². The normalized spacial score (nSPS) is 10.8. The highest BCUT2D eigenvalue weighted by atomic mass is 32.1. The number of nitrogens with zero attached hydrogens (tertiary/aromatic N) is 4. The van der Waals surface area contributed by atoms with Crippen molar-refractivity contribution in [3.05, 3.63) is 65.2 Å². The predicted molar refractivity (Wildman–Crippen MR) is 118 cm³/mol. The van der Waals surface area contributed by atoms with E-state index >= 15 is 0 Å². The van der Waals surface area contributed by atoms with Gasteiger partial charge >= 0.3 is 0 Å². The molecule has 0 unspecified atom stereocenters. The summed E-state index contributed by atoms with van der Waals surface area (Å²) < 4.78 is 17.6. The van der Waals surface area contributed by atoms with Crippen LogP contribution in [0.4, 0.5) is 0 Å². The Hall–Kier alpha value is -3.76. The van der Waals surface area contributed by atoms with Crippen LogP contribution in [0.15, 0.2) is 48.4 Å². The summed E-state index contributed by atoms with van der Waals surface area (Å²) in [7, 11) is 4.50. The monoisotopic (exact) mass is 452 g/mol. The zero-order chi connectivity index (χ0) is 22.7. The molecule has 9 nitrogen and oxygen atoms in total. The number of aromatic nitrogens is 4. The highest BCUT2D eigenvalue weighted by Gasteiger charge is 2.22. The summed E-state index contributed by atoms with van der Waals surface area (Å²) in [6, 6.07) is 8.57. The Morgan fingerprint density at radius 2 is 1.84 bits per heavy atom. The van der Waals surface area contributed by atoms with Crippen molar-refractivity contribution >= 4 is 17.1 Å². The number of ether oxygens (including phenoxy) is 3. The van der Waals surface area contributed by atoms with Crippen LogP contribution in [0.3, 0.4) is 0 Å². The van der Waals surface area contributed by atoms with Crippen LogP contribution < -0.4 is 14.2 Å². The minimum Gasteiger partial charge on any atom is -0.493 e. The van der Waals surface area contributed by atoms with E-state index < -0.39 is 0 Å². The second-order valence-corrected chi connectivity index (χ2v) is 7.48. The maximum atomic E-state index is 13.5. The van der Waals surface area contributed by atoms with Crippen molar-refractivity contribution in [3.63, 3.8) is 0 Å². The van der Waals surface area contributed by atoms with Crippen LogP contribution in [0.1, 0.15) is 21.6 Å². The highest BCUT2D eigenvalue weighted by Crippen LogP contribution is 2.39. The number of aliphatic hydroxyl groups is 1. The van der Waals surface area contributed by atoms with E-state index in [1.165, 1.54) is 50.0 Å². The SMILES string of the molecule is COc1cc(C(=O)c2ccc(-c3nc(CO)cs3)cc2-n2cncn2)cc(OC)c1OC. The van der Waals surface area contributed by atoms with Gasteiger partial charge in [-0.05, 0) is 24.3 Å². The van der Waals surface area contributed by atoms with Crippen LogP contribution in [0.5, 0.6) is 17.2 Å². The summed E-state index contributed by atoms with van der Waals surface area (Å²) in [5.41, 5.74) is 2.70.